The molecule has 0 atom stereocenters. The van der Waals surface area contributed by atoms with Crippen LogP contribution in [0.25, 0.3) is 94.7 Å². The molecule has 0 spiro atoms. The van der Waals surface area contributed by atoms with E-state index in [0.717, 1.165) is 81.5 Å². The first-order chi connectivity index (χ1) is 36.1. The lowest BCUT2D eigenvalue weighted by Gasteiger charge is -2.18. The molecule has 73 heavy (non-hydrogen) atoms. The Kier molecular flexibility index (Phi) is 12.7. The number of hydrogen-bond donors (Lipinski definition) is 0. The van der Waals surface area contributed by atoms with Crippen molar-refractivity contribution in [1.82, 2.24) is 19.7 Å². The summed E-state index contributed by atoms with van der Waals surface area (Å²) in [6.45, 7) is 0. The predicted molar refractivity (Wildman–Crippen MR) is 302 cm³/mol. The Balaban J connectivity index is 0.911. The first kappa shape index (κ1) is 44.9. The van der Waals surface area contributed by atoms with Crippen molar-refractivity contribution in [2.75, 3.05) is 0 Å². The minimum Gasteiger partial charge on any atom is -0.256 e. The van der Waals surface area contributed by atoms with Gasteiger partial charge >= 0.3 is 0 Å². The number of aryl methyl sites for hydroxylation is 4. The summed E-state index contributed by atoms with van der Waals surface area (Å²) in [5.41, 5.74) is 23.4. The lowest BCUT2D eigenvalue weighted by molar-refractivity contribution is 0.903. The van der Waals surface area contributed by atoms with E-state index in [9.17, 15) is 0 Å². The normalized spacial score (nSPS) is 11.2. The molecule has 3 aromatic heterocycles. The summed E-state index contributed by atoms with van der Waals surface area (Å²) in [5, 5.41) is 5.84. The summed E-state index contributed by atoms with van der Waals surface area (Å²) in [5.74, 6) is 0. The van der Waals surface area contributed by atoms with Crippen LogP contribution in [0.5, 0.6) is 0 Å². The second-order valence-electron chi connectivity index (χ2n) is 18.8. The predicted octanol–water partition coefficient (Wildman–Crippen LogP) is 17.1. The van der Waals surface area contributed by atoms with E-state index in [0.29, 0.717) is 0 Å². The molecule has 4 nitrogen and oxygen atoms in total. The van der Waals surface area contributed by atoms with Crippen LogP contribution in [0.2, 0.25) is 0 Å². The summed E-state index contributed by atoms with van der Waals surface area (Å²) >= 11 is 0. The molecule has 12 aromatic rings. The second-order valence-corrected chi connectivity index (χ2v) is 18.8. The summed E-state index contributed by atoms with van der Waals surface area (Å²) in [6, 6.07) is 89.8. The number of aromatic nitrogens is 4. The van der Waals surface area contributed by atoms with Gasteiger partial charge in [-0.15, -0.1) is 0 Å². The average molecular weight is 937 g/mol. The maximum Gasteiger partial charge on any atom is 0.0741 e. The number of hydrogen-bond acceptors (Lipinski definition) is 3. The van der Waals surface area contributed by atoms with Gasteiger partial charge in [-0.3, -0.25) is 9.97 Å². The highest BCUT2D eigenvalue weighted by Crippen LogP contribution is 2.41. The molecule has 0 aliphatic carbocycles. The van der Waals surface area contributed by atoms with Gasteiger partial charge in [0, 0.05) is 28.9 Å². The zero-order chi connectivity index (χ0) is 48.8. The minimum absolute atomic E-state index is 0.911. The molecule has 12 rings (SSSR count). The quantitative estimate of drug-likeness (QED) is 0.109. The van der Waals surface area contributed by atoms with Crippen molar-refractivity contribution in [3.05, 3.63) is 290 Å². The largest absolute Gasteiger partial charge is 0.256 e. The highest BCUT2D eigenvalue weighted by Gasteiger charge is 2.17. The van der Waals surface area contributed by atoms with E-state index in [-0.39, 0.29) is 0 Å². The van der Waals surface area contributed by atoms with Crippen LogP contribution in [0.1, 0.15) is 22.3 Å². The number of para-hydroxylation sites is 1. The first-order valence-corrected chi connectivity index (χ1v) is 25.2. The fourth-order valence-electron chi connectivity index (χ4n) is 10.2. The van der Waals surface area contributed by atoms with E-state index in [2.05, 4.69) is 242 Å². The van der Waals surface area contributed by atoms with Gasteiger partial charge in [0.2, 0.25) is 0 Å². The van der Waals surface area contributed by atoms with Crippen molar-refractivity contribution in [3.8, 4) is 83.8 Å². The third kappa shape index (κ3) is 9.93. The summed E-state index contributed by atoms with van der Waals surface area (Å²) in [7, 11) is 0. The molecule has 0 N–H and O–H groups in total. The summed E-state index contributed by atoms with van der Waals surface area (Å²) in [6.07, 6.45) is 9.40. The number of pyridine rings is 2. The van der Waals surface area contributed by atoms with Crippen molar-refractivity contribution in [2.24, 2.45) is 0 Å². The molecule has 0 saturated heterocycles. The SMILES string of the molecule is c1ccc(-c2ccc(-c3cc(-c4cc(-c5ccccc5)ccn4)ccc3-c3ccccc3-c3cc(CCc4ccc(-c5ccccn5)cc4)cc(CCc4ccc(-n5ncc6ccccc65)cc4)c3)cc2)cc1. The highest BCUT2D eigenvalue weighted by molar-refractivity contribution is 5.94. The van der Waals surface area contributed by atoms with Gasteiger partial charge in [-0.1, -0.05) is 200 Å². The molecule has 0 aliphatic heterocycles. The summed E-state index contributed by atoms with van der Waals surface area (Å²) in [4.78, 5) is 9.51. The molecule has 0 aliphatic rings. The van der Waals surface area contributed by atoms with Crippen LogP contribution < -0.4 is 0 Å². The number of benzene rings is 9. The van der Waals surface area contributed by atoms with Gasteiger partial charge in [0.1, 0.15) is 0 Å². The zero-order valence-corrected chi connectivity index (χ0v) is 40.5. The maximum absolute atomic E-state index is 4.93. The van der Waals surface area contributed by atoms with Crippen molar-refractivity contribution in [2.45, 2.75) is 25.7 Å². The van der Waals surface area contributed by atoms with Crippen LogP contribution >= 0.6 is 0 Å². The van der Waals surface area contributed by atoms with Crippen LogP contribution in [0, 0.1) is 0 Å². The van der Waals surface area contributed by atoms with Crippen LogP contribution in [0.4, 0.5) is 0 Å². The molecule has 0 unspecified atom stereocenters. The number of fused-ring (bicyclic) bond motifs is 1. The molecule has 0 radical (unpaired) electrons. The molecule has 348 valence electrons. The fraction of sp³-hybridized carbons (Fsp3) is 0.0580. The van der Waals surface area contributed by atoms with Crippen molar-refractivity contribution in [1.29, 1.82) is 0 Å². The standard InChI is InChI=1S/C69H52N4/c1-3-13-53(14-4-1)55-32-34-56(35-33-55)66-46-59(68-47-58(40-42-71-68)54-15-5-2-6-16-54)36-39-65(66)64-19-9-8-18-63(64)61-44-51(24-22-49-26-30-57(31-27-49)67-20-11-12-41-70-67)43-52(45-61)25-23-50-28-37-62(38-29-50)73-69-21-10-7-17-60(69)48-72-73/h1-21,26-48H,22-25H2. The molecule has 3 heterocycles. The molecular weight excluding hydrogens is 885 g/mol. The van der Waals surface area contributed by atoms with E-state index in [1.54, 1.807) is 0 Å². The van der Waals surface area contributed by atoms with Gasteiger partial charge in [0.05, 0.1) is 28.8 Å². The van der Waals surface area contributed by atoms with Crippen LogP contribution in [-0.4, -0.2) is 19.7 Å². The van der Waals surface area contributed by atoms with Gasteiger partial charge in [-0.25, -0.2) is 4.68 Å². The second kappa shape index (κ2) is 20.6. The van der Waals surface area contributed by atoms with Crippen molar-refractivity contribution in [3.63, 3.8) is 0 Å². The molecule has 0 amide bonds. The average Bonchev–Trinajstić information content (AvgIpc) is 3.91. The molecular formula is C69H52N4. The van der Waals surface area contributed by atoms with E-state index >= 15 is 0 Å². The zero-order valence-electron chi connectivity index (χ0n) is 40.5. The van der Waals surface area contributed by atoms with Gasteiger partial charge < -0.3 is 0 Å². The Morgan fingerprint density at radius 1 is 0.288 bits per heavy atom. The van der Waals surface area contributed by atoms with Gasteiger partial charge in [-0.2, -0.15) is 5.10 Å². The Labute approximate surface area is 427 Å². The van der Waals surface area contributed by atoms with E-state index < -0.39 is 0 Å². The molecule has 4 heteroatoms. The molecule has 0 fully saturated rings. The third-order valence-corrected chi connectivity index (χ3v) is 14.0. The molecule has 9 aromatic carbocycles. The smallest absolute Gasteiger partial charge is 0.0741 e. The van der Waals surface area contributed by atoms with E-state index in [4.69, 9.17) is 10.1 Å². The minimum atomic E-state index is 0.911. The Morgan fingerprint density at radius 3 is 1.55 bits per heavy atom. The first-order valence-electron chi connectivity index (χ1n) is 25.2. The van der Waals surface area contributed by atoms with Gasteiger partial charge in [0.15, 0.2) is 0 Å². The maximum atomic E-state index is 4.93. The monoisotopic (exact) mass is 936 g/mol. The lowest BCUT2D eigenvalue weighted by atomic mass is 9.86. The van der Waals surface area contributed by atoms with E-state index in [1.807, 2.05) is 35.4 Å². The Bertz CT molecular complexity index is 3810. The number of rotatable bonds is 14. The van der Waals surface area contributed by atoms with Crippen LogP contribution in [0.3, 0.4) is 0 Å². The van der Waals surface area contributed by atoms with E-state index in [1.165, 1.54) is 61.2 Å². The summed E-state index contributed by atoms with van der Waals surface area (Å²) < 4.78 is 2.03. The number of nitrogens with zero attached hydrogens (tertiary/aromatic N) is 4. The molecule has 0 saturated carbocycles. The van der Waals surface area contributed by atoms with Crippen molar-refractivity contribution < 1.29 is 0 Å². The Hall–Kier alpha value is -9.25. The fourth-order valence-corrected chi connectivity index (χ4v) is 10.2. The van der Waals surface area contributed by atoms with Gasteiger partial charge in [0.25, 0.3) is 0 Å². The van der Waals surface area contributed by atoms with Crippen molar-refractivity contribution >= 4 is 10.9 Å². The van der Waals surface area contributed by atoms with Crippen LogP contribution in [0.15, 0.2) is 267 Å². The Morgan fingerprint density at radius 2 is 0.836 bits per heavy atom. The topological polar surface area (TPSA) is 43.6 Å². The highest BCUT2D eigenvalue weighted by atomic mass is 15.3. The lowest BCUT2D eigenvalue weighted by Crippen LogP contribution is -1.99. The molecule has 0 bridgehead atoms. The third-order valence-electron chi connectivity index (χ3n) is 14.0. The van der Waals surface area contributed by atoms with Crippen LogP contribution in [-0.2, 0) is 25.7 Å². The van der Waals surface area contributed by atoms with Gasteiger partial charge in [-0.05, 0) is 152 Å².